The van der Waals surface area contributed by atoms with Gasteiger partial charge in [-0.15, -0.1) is 0 Å². The van der Waals surface area contributed by atoms with E-state index >= 15 is 0 Å². The Hall–Kier alpha value is -2.04. The Labute approximate surface area is 99.4 Å². The Bertz CT molecular complexity index is 527. The molecule has 0 bridgehead atoms. The number of furan rings is 1. The summed E-state index contributed by atoms with van der Waals surface area (Å²) < 4.78 is 5.20. The van der Waals surface area contributed by atoms with Crippen LogP contribution in [0.3, 0.4) is 0 Å². The lowest BCUT2D eigenvalue weighted by Gasteiger charge is -2.16. The lowest BCUT2D eigenvalue weighted by atomic mass is 10.2. The highest BCUT2D eigenvalue weighted by Crippen LogP contribution is 2.13. The number of hydrogen-bond acceptors (Lipinski definition) is 3. The number of rotatable bonds is 3. The van der Waals surface area contributed by atoms with Crippen molar-refractivity contribution in [2.24, 2.45) is 0 Å². The van der Waals surface area contributed by atoms with E-state index in [9.17, 15) is 4.79 Å². The third-order valence-electron chi connectivity index (χ3n) is 2.78. The van der Waals surface area contributed by atoms with Crippen molar-refractivity contribution in [3.63, 3.8) is 0 Å². The average molecular weight is 233 g/mol. The third-order valence-corrected chi connectivity index (χ3v) is 2.78. The molecule has 0 unspecified atom stereocenters. The monoisotopic (exact) mass is 233 g/mol. The number of amides is 1. The van der Waals surface area contributed by atoms with E-state index < -0.39 is 0 Å². The Morgan fingerprint density at radius 1 is 1.53 bits per heavy atom. The molecule has 1 N–H and O–H groups in total. The first kappa shape index (κ1) is 11.4. The number of aromatic amines is 1. The first-order valence-corrected chi connectivity index (χ1v) is 5.38. The standard InChI is InChI=1S/C12H15N3O2/c1-8-11(6-13-14-8)12(16)15(3)7-10-4-5-17-9(10)2/h4-6H,7H2,1-3H3,(H,13,14). The highest BCUT2D eigenvalue weighted by molar-refractivity contribution is 5.94. The van der Waals surface area contributed by atoms with Gasteiger partial charge >= 0.3 is 0 Å². The molecule has 90 valence electrons. The second-order valence-corrected chi connectivity index (χ2v) is 4.07. The predicted octanol–water partition coefficient (Wildman–Crippen LogP) is 1.89. The van der Waals surface area contributed by atoms with Crippen molar-refractivity contribution in [2.75, 3.05) is 7.05 Å². The van der Waals surface area contributed by atoms with E-state index in [-0.39, 0.29) is 5.91 Å². The zero-order valence-electron chi connectivity index (χ0n) is 10.2. The molecule has 0 aliphatic carbocycles. The number of H-pyrrole nitrogens is 1. The van der Waals surface area contributed by atoms with Crippen molar-refractivity contribution in [3.8, 4) is 0 Å². The van der Waals surface area contributed by atoms with Crippen molar-refractivity contribution >= 4 is 5.91 Å². The van der Waals surface area contributed by atoms with Gasteiger partial charge in [-0.05, 0) is 19.9 Å². The normalized spacial score (nSPS) is 10.5. The van der Waals surface area contributed by atoms with Crippen LogP contribution >= 0.6 is 0 Å². The van der Waals surface area contributed by atoms with Crippen LogP contribution in [0.4, 0.5) is 0 Å². The summed E-state index contributed by atoms with van der Waals surface area (Å²) in [7, 11) is 1.77. The van der Waals surface area contributed by atoms with Crippen LogP contribution in [-0.2, 0) is 6.54 Å². The van der Waals surface area contributed by atoms with E-state index in [2.05, 4.69) is 10.2 Å². The molecule has 0 spiro atoms. The van der Waals surface area contributed by atoms with Gasteiger partial charge in [0.05, 0.1) is 18.0 Å². The van der Waals surface area contributed by atoms with E-state index in [1.807, 2.05) is 19.9 Å². The molecular formula is C12H15N3O2. The minimum absolute atomic E-state index is 0.0446. The summed E-state index contributed by atoms with van der Waals surface area (Å²) >= 11 is 0. The summed E-state index contributed by atoms with van der Waals surface area (Å²) in [5.74, 6) is 0.797. The number of carbonyl (C=O) groups is 1. The molecule has 0 atom stereocenters. The predicted molar refractivity (Wildman–Crippen MR) is 62.6 cm³/mol. The average Bonchev–Trinajstić information content (AvgIpc) is 2.88. The maximum atomic E-state index is 12.1. The molecule has 2 heterocycles. The first-order valence-electron chi connectivity index (χ1n) is 5.38. The summed E-state index contributed by atoms with van der Waals surface area (Å²) in [6.45, 7) is 4.25. The molecule has 0 radical (unpaired) electrons. The zero-order chi connectivity index (χ0) is 12.4. The van der Waals surface area contributed by atoms with Gasteiger partial charge in [-0.1, -0.05) is 0 Å². The second kappa shape index (κ2) is 4.45. The summed E-state index contributed by atoms with van der Waals surface area (Å²) in [4.78, 5) is 13.7. The molecule has 5 heteroatoms. The van der Waals surface area contributed by atoms with Crippen LogP contribution in [-0.4, -0.2) is 28.1 Å². The van der Waals surface area contributed by atoms with E-state index in [1.54, 1.807) is 24.4 Å². The number of aromatic nitrogens is 2. The minimum Gasteiger partial charge on any atom is -0.469 e. The van der Waals surface area contributed by atoms with Gasteiger partial charge in [0.2, 0.25) is 0 Å². The van der Waals surface area contributed by atoms with Gasteiger partial charge < -0.3 is 9.32 Å². The van der Waals surface area contributed by atoms with E-state index in [0.29, 0.717) is 12.1 Å². The summed E-state index contributed by atoms with van der Waals surface area (Å²) in [6.07, 6.45) is 3.18. The quantitative estimate of drug-likeness (QED) is 0.880. The highest BCUT2D eigenvalue weighted by Gasteiger charge is 2.16. The third kappa shape index (κ3) is 2.22. The molecule has 2 aromatic heterocycles. The van der Waals surface area contributed by atoms with Crippen molar-refractivity contribution in [2.45, 2.75) is 20.4 Å². The lowest BCUT2D eigenvalue weighted by molar-refractivity contribution is 0.0784. The molecule has 1 amide bonds. The van der Waals surface area contributed by atoms with Crippen LogP contribution in [0.5, 0.6) is 0 Å². The van der Waals surface area contributed by atoms with Crippen LogP contribution in [0.1, 0.15) is 27.4 Å². The maximum absolute atomic E-state index is 12.1. The molecule has 2 rings (SSSR count). The topological polar surface area (TPSA) is 62.1 Å². The van der Waals surface area contributed by atoms with Gasteiger partial charge in [0, 0.05) is 24.8 Å². The summed E-state index contributed by atoms with van der Waals surface area (Å²) in [5, 5.41) is 6.61. The fourth-order valence-electron chi connectivity index (χ4n) is 1.67. The van der Waals surface area contributed by atoms with Crippen molar-refractivity contribution in [3.05, 3.63) is 41.1 Å². The molecule has 0 fully saturated rings. The van der Waals surface area contributed by atoms with Crippen molar-refractivity contribution in [1.29, 1.82) is 0 Å². The van der Waals surface area contributed by atoms with E-state index in [1.165, 1.54) is 0 Å². The van der Waals surface area contributed by atoms with Gasteiger partial charge in [-0.25, -0.2) is 0 Å². The number of aryl methyl sites for hydroxylation is 2. The van der Waals surface area contributed by atoms with Crippen LogP contribution in [0.15, 0.2) is 22.9 Å². The Morgan fingerprint density at radius 2 is 2.29 bits per heavy atom. The van der Waals surface area contributed by atoms with Gasteiger partial charge in [0.15, 0.2) is 0 Å². The van der Waals surface area contributed by atoms with Gasteiger partial charge in [-0.2, -0.15) is 5.10 Å². The van der Waals surface area contributed by atoms with Crippen LogP contribution < -0.4 is 0 Å². The fourth-order valence-corrected chi connectivity index (χ4v) is 1.67. The van der Waals surface area contributed by atoms with Gasteiger partial charge in [0.25, 0.3) is 5.91 Å². The van der Waals surface area contributed by atoms with E-state index in [4.69, 9.17) is 4.42 Å². The van der Waals surface area contributed by atoms with Crippen LogP contribution in [0.25, 0.3) is 0 Å². The van der Waals surface area contributed by atoms with Crippen molar-refractivity contribution in [1.82, 2.24) is 15.1 Å². The first-order chi connectivity index (χ1) is 8.09. The Morgan fingerprint density at radius 3 is 2.82 bits per heavy atom. The van der Waals surface area contributed by atoms with Crippen LogP contribution in [0.2, 0.25) is 0 Å². The lowest BCUT2D eigenvalue weighted by Crippen LogP contribution is -2.26. The molecule has 17 heavy (non-hydrogen) atoms. The van der Waals surface area contributed by atoms with E-state index in [0.717, 1.165) is 17.0 Å². The minimum atomic E-state index is -0.0446. The zero-order valence-corrected chi connectivity index (χ0v) is 10.2. The second-order valence-electron chi connectivity index (χ2n) is 4.07. The summed E-state index contributed by atoms with van der Waals surface area (Å²) in [5.41, 5.74) is 2.40. The molecule has 5 nitrogen and oxygen atoms in total. The molecule has 0 aliphatic heterocycles. The number of nitrogens with one attached hydrogen (secondary N) is 1. The van der Waals surface area contributed by atoms with Gasteiger partial charge in [-0.3, -0.25) is 9.89 Å². The number of carbonyl (C=O) groups excluding carboxylic acids is 1. The SMILES string of the molecule is Cc1[nH]ncc1C(=O)N(C)Cc1ccoc1C. The molecule has 0 saturated carbocycles. The molecule has 0 aromatic carbocycles. The van der Waals surface area contributed by atoms with Gasteiger partial charge in [0.1, 0.15) is 5.76 Å². The highest BCUT2D eigenvalue weighted by atomic mass is 16.3. The molecule has 0 aliphatic rings. The largest absolute Gasteiger partial charge is 0.469 e. The molecular weight excluding hydrogens is 218 g/mol. The summed E-state index contributed by atoms with van der Waals surface area (Å²) in [6, 6.07) is 1.88. The molecule has 2 aromatic rings. The smallest absolute Gasteiger partial charge is 0.257 e. The van der Waals surface area contributed by atoms with Crippen LogP contribution in [0, 0.1) is 13.8 Å². The number of hydrogen-bond donors (Lipinski definition) is 1. The molecule has 0 saturated heterocycles. The maximum Gasteiger partial charge on any atom is 0.257 e. The fraction of sp³-hybridized carbons (Fsp3) is 0.333. The Balaban J connectivity index is 2.11. The Kier molecular flexibility index (Phi) is 2.99. The number of nitrogens with zero attached hydrogens (tertiary/aromatic N) is 2. The van der Waals surface area contributed by atoms with Crippen molar-refractivity contribution < 1.29 is 9.21 Å².